The van der Waals surface area contributed by atoms with Gasteiger partial charge in [-0.1, -0.05) is 13.8 Å². The Bertz CT molecular complexity index is 218. The van der Waals surface area contributed by atoms with Crippen LogP contribution in [-0.2, 0) is 14.3 Å². The first-order valence-corrected chi connectivity index (χ1v) is 4.82. The Morgan fingerprint density at radius 1 is 1.33 bits per heavy atom. The lowest BCUT2D eigenvalue weighted by Crippen LogP contribution is -2.42. The summed E-state index contributed by atoms with van der Waals surface area (Å²) < 4.78 is 9.42. The average molecular weight is 218 g/mol. The second-order valence-electron chi connectivity index (χ2n) is 3.40. The van der Waals surface area contributed by atoms with Crippen molar-refractivity contribution in [3.05, 3.63) is 0 Å². The summed E-state index contributed by atoms with van der Waals surface area (Å²) in [6.07, 6.45) is -0.725. The lowest BCUT2D eigenvalue weighted by atomic mass is 10.2. The van der Waals surface area contributed by atoms with Gasteiger partial charge in [0.15, 0.2) is 0 Å². The van der Waals surface area contributed by atoms with Crippen LogP contribution < -0.4 is 5.84 Å². The molecule has 6 nitrogen and oxygen atoms in total. The monoisotopic (exact) mass is 218 g/mol. The molecule has 6 heteroatoms. The minimum Gasteiger partial charge on any atom is -0.465 e. The number of rotatable bonds is 5. The molecule has 0 spiro atoms. The van der Waals surface area contributed by atoms with E-state index in [0.717, 1.165) is 0 Å². The number of carbonyl (C=O) groups is 2. The first-order valence-electron chi connectivity index (χ1n) is 4.82. The lowest BCUT2D eigenvalue weighted by Gasteiger charge is -2.16. The van der Waals surface area contributed by atoms with E-state index < -0.39 is 12.1 Å². The molecule has 88 valence electrons. The zero-order valence-electron chi connectivity index (χ0n) is 9.36. The van der Waals surface area contributed by atoms with E-state index in [1.807, 2.05) is 13.8 Å². The molecule has 0 unspecified atom stereocenters. The summed E-state index contributed by atoms with van der Waals surface area (Å²) in [5, 5.41) is 0.695. The number of nitrogens with zero attached hydrogens (tertiary/aromatic N) is 1. The molecule has 0 bridgehead atoms. The topological polar surface area (TPSA) is 81.9 Å². The Morgan fingerprint density at radius 2 is 1.93 bits per heavy atom. The largest absolute Gasteiger partial charge is 0.465 e. The van der Waals surface area contributed by atoms with Gasteiger partial charge in [0.05, 0.1) is 13.2 Å². The molecule has 0 saturated heterocycles. The van der Waals surface area contributed by atoms with E-state index in [9.17, 15) is 9.59 Å². The van der Waals surface area contributed by atoms with Crippen LogP contribution >= 0.6 is 0 Å². The van der Waals surface area contributed by atoms with Gasteiger partial charge in [-0.2, -0.15) is 0 Å². The van der Waals surface area contributed by atoms with Gasteiger partial charge in [0.2, 0.25) is 0 Å². The highest BCUT2D eigenvalue weighted by Crippen LogP contribution is 1.95. The van der Waals surface area contributed by atoms with Crippen molar-refractivity contribution in [2.24, 2.45) is 11.8 Å². The van der Waals surface area contributed by atoms with Gasteiger partial charge in [-0.05, 0) is 12.8 Å². The Labute approximate surface area is 89.3 Å². The van der Waals surface area contributed by atoms with Gasteiger partial charge in [-0.3, -0.25) is 4.79 Å². The highest BCUT2D eigenvalue weighted by molar-refractivity contribution is 5.77. The molecule has 0 atom stereocenters. The third-order valence-corrected chi connectivity index (χ3v) is 1.38. The molecular weight excluding hydrogens is 200 g/mol. The van der Waals surface area contributed by atoms with Gasteiger partial charge < -0.3 is 9.47 Å². The van der Waals surface area contributed by atoms with E-state index in [1.165, 1.54) is 0 Å². The van der Waals surface area contributed by atoms with E-state index in [2.05, 4.69) is 4.74 Å². The number of ether oxygens (including phenoxy) is 2. The molecule has 0 rings (SSSR count). The average Bonchev–Trinajstić information content (AvgIpc) is 2.14. The second-order valence-corrected chi connectivity index (χ2v) is 3.40. The molecule has 0 heterocycles. The molecular formula is C9H18N2O4. The normalized spacial score (nSPS) is 9.93. The fraction of sp³-hybridized carbons (Fsp3) is 0.778. The van der Waals surface area contributed by atoms with Crippen LogP contribution in [0.5, 0.6) is 0 Å². The third-order valence-electron chi connectivity index (χ3n) is 1.38. The number of hydrazine groups is 1. The van der Waals surface area contributed by atoms with Crippen molar-refractivity contribution in [2.75, 3.05) is 19.8 Å². The van der Waals surface area contributed by atoms with Crippen LogP contribution in [0.2, 0.25) is 0 Å². The van der Waals surface area contributed by atoms with Crippen LogP contribution in [0.3, 0.4) is 0 Å². The summed E-state index contributed by atoms with van der Waals surface area (Å²) in [7, 11) is 0. The van der Waals surface area contributed by atoms with Gasteiger partial charge >= 0.3 is 12.1 Å². The molecule has 0 fully saturated rings. The summed E-state index contributed by atoms with van der Waals surface area (Å²) >= 11 is 0. The Hall–Kier alpha value is -1.30. The molecule has 1 amide bonds. The number of amides is 1. The number of nitrogens with two attached hydrogens (primary N) is 1. The zero-order chi connectivity index (χ0) is 11.8. The molecule has 0 aromatic carbocycles. The summed E-state index contributed by atoms with van der Waals surface area (Å²) in [5.41, 5.74) is 0. The van der Waals surface area contributed by atoms with Gasteiger partial charge in [0.1, 0.15) is 6.54 Å². The van der Waals surface area contributed by atoms with E-state index in [1.54, 1.807) is 6.92 Å². The zero-order valence-corrected chi connectivity index (χ0v) is 9.36. The van der Waals surface area contributed by atoms with Crippen LogP contribution in [0.25, 0.3) is 0 Å². The first kappa shape index (κ1) is 13.7. The minimum atomic E-state index is -0.725. The van der Waals surface area contributed by atoms with E-state index in [0.29, 0.717) is 5.01 Å². The third kappa shape index (κ3) is 6.73. The Morgan fingerprint density at radius 3 is 2.40 bits per heavy atom. The lowest BCUT2D eigenvalue weighted by molar-refractivity contribution is -0.144. The molecule has 15 heavy (non-hydrogen) atoms. The molecule has 0 aliphatic heterocycles. The number of hydrogen-bond donors (Lipinski definition) is 1. The van der Waals surface area contributed by atoms with E-state index in [4.69, 9.17) is 10.6 Å². The summed E-state index contributed by atoms with van der Waals surface area (Å²) in [5.74, 6) is 4.97. The van der Waals surface area contributed by atoms with E-state index in [-0.39, 0.29) is 25.7 Å². The number of carbonyl (C=O) groups excluding carboxylic acids is 2. The molecule has 0 radical (unpaired) electrons. The SMILES string of the molecule is CCOC(=O)CN(N)C(=O)OCC(C)C. The number of hydrogen-bond acceptors (Lipinski definition) is 5. The van der Waals surface area contributed by atoms with Crippen molar-refractivity contribution in [2.45, 2.75) is 20.8 Å². The van der Waals surface area contributed by atoms with E-state index >= 15 is 0 Å². The van der Waals surface area contributed by atoms with Crippen molar-refractivity contribution >= 4 is 12.1 Å². The van der Waals surface area contributed by atoms with Crippen LogP contribution in [-0.4, -0.2) is 36.8 Å². The van der Waals surface area contributed by atoms with Crippen LogP contribution in [0, 0.1) is 5.92 Å². The standard InChI is InChI=1S/C9H18N2O4/c1-4-14-8(12)5-11(10)9(13)15-6-7(2)3/h7H,4-6,10H2,1-3H3. The number of esters is 1. The summed E-state index contributed by atoms with van der Waals surface area (Å²) in [6.45, 7) is 5.71. The molecule has 0 aromatic heterocycles. The summed E-state index contributed by atoms with van der Waals surface area (Å²) in [6, 6.07) is 0. The van der Waals surface area contributed by atoms with Gasteiger partial charge in [-0.15, -0.1) is 0 Å². The van der Waals surface area contributed by atoms with Crippen LogP contribution in [0.15, 0.2) is 0 Å². The maximum Gasteiger partial charge on any atom is 0.424 e. The fourth-order valence-corrected chi connectivity index (χ4v) is 0.731. The van der Waals surface area contributed by atoms with Crippen molar-refractivity contribution in [1.82, 2.24) is 5.01 Å². The van der Waals surface area contributed by atoms with Gasteiger partial charge in [-0.25, -0.2) is 15.6 Å². The molecule has 0 aliphatic carbocycles. The maximum absolute atomic E-state index is 11.2. The second kappa shape index (κ2) is 7.05. The highest BCUT2D eigenvalue weighted by atomic mass is 16.6. The molecule has 2 N–H and O–H groups in total. The smallest absolute Gasteiger partial charge is 0.424 e. The Balaban J connectivity index is 3.83. The highest BCUT2D eigenvalue weighted by Gasteiger charge is 2.15. The minimum absolute atomic E-state index is 0.227. The van der Waals surface area contributed by atoms with Crippen molar-refractivity contribution in [1.29, 1.82) is 0 Å². The fourth-order valence-electron chi connectivity index (χ4n) is 0.731. The van der Waals surface area contributed by atoms with Crippen molar-refractivity contribution in [3.63, 3.8) is 0 Å². The van der Waals surface area contributed by atoms with Gasteiger partial charge in [0, 0.05) is 0 Å². The van der Waals surface area contributed by atoms with Crippen molar-refractivity contribution < 1.29 is 19.1 Å². The predicted octanol–water partition coefficient (Wildman–Crippen LogP) is 0.518. The first-order chi connectivity index (χ1) is 6.97. The molecule has 0 aliphatic rings. The van der Waals surface area contributed by atoms with Crippen LogP contribution in [0.1, 0.15) is 20.8 Å². The maximum atomic E-state index is 11.2. The molecule has 0 aromatic rings. The predicted molar refractivity (Wildman–Crippen MR) is 53.7 cm³/mol. The van der Waals surface area contributed by atoms with Crippen molar-refractivity contribution in [3.8, 4) is 0 Å². The Kier molecular flexibility index (Phi) is 6.44. The summed E-state index contributed by atoms with van der Waals surface area (Å²) in [4.78, 5) is 22.1. The quantitative estimate of drug-likeness (QED) is 0.315. The van der Waals surface area contributed by atoms with Crippen LogP contribution in [0.4, 0.5) is 4.79 Å². The van der Waals surface area contributed by atoms with Gasteiger partial charge in [0.25, 0.3) is 0 Å². The molecule has 0 saturated carbocycles.